The summed E-state index contributed by atoms with van der Waals surface area (Å²) in [6.45, 7) is 2.08. The molecule has 0 aromatic heterocycles. The fourth-order valence-electron chi connectivity index (χ4n) is 0.534. The highest BCUT2D eigenvalue weighted by Gasteiger charge is 1.81. The molecule has 0 aliphatic heterocycles. The summed E-state index contributed by atoms with van der Waals surface area (Å²) in [4.78, 5) is 9.29. The van der Waals surface area contributed by atoms with Crippen molar-refractivity contribution in [2.24, 2.45) is 0 Å². The Morgan fingerprint density at radius 3 is 2.00 bits per heavy atom. The molecule has 1 N–H and O–H groups in total. The summed E-state index contributed by atoms with van der Waals surface area (Å²) in [5, 5.41) is 7.65. The van der Waals surface area contributed by atoms with Gasteiger partial charge >= 0.3 is 5.97 Å². The van der Waals surface area contributed by atoms with Crippen LogP contribution >= 0.6 is 12.6 Å². The minimum atomic E-state index is -0.881. The third kappa shape index (κ3) is 7.15. The molecule has 0 aliphatic carbocycles. The van der Waals surface area contributed by atoms with E-state index >= 15 is 0 Å². The molecule has 1 aromatic rings. The number of carbonyl (C=O) groups is 1. The quantitative estimate of drug-likeness (QED) is 0.655. The van der Waals surface area contributed by atoms with E-state index in [2.05, 4.69) is 31.7 Å². The van der Waals surface area contributed by atoms with E-state index in [9.17, 15) is 4.79 Å². The van der Waals surface area contributed by atoms with Gasteiger partial charge in [-0.25, -0.2) is 0 Å². The summed E-state index contributed by atoms with van der Waals surface area (Å²) < 4.78 is 0. The van der Waals surface area contributed by atoms with Crippen LogP contribution in [0.2, 0.25) is 0 Å². The van der Waals surface area contributed by atoms with Crippen LogP contribution in [0.4, 0.5) is 0 Å². The van der Waals surface area contributed by atoms with Gasteiger partial charge in [-0.3, -0.25) is 4.79 Å². The Kier molecular flexibility index (Phi) is 6.19. The summed E-state index contributed by atoms with van der Waals surface area (Å²) in [7, 11) is 0. The molecule has 0 atom stereocenters. The maximum absolute atomic E-state index is 9.29. The minimum Gasteiger partial charge on any atom is -0.481 e. The third-order valence-corrected chi connectivity index (χ3v) is 1.35. The van der Waals surface area contributed by atoms with Gasteiger partial charge in [0.1, 0.15) is 0 Å². The topological polar surface area (TPSA) is 37.3 Å². The van der Waals surface area contributed by atoms with Gasteiger partial charge in [0.25, 0.3) is 0 Å². The average molecular weight is 184 g/mol. The Labute approximate surface area is 77.6 Å². The molecule has 12 heavy (non-hydrogen) atoms. The van der Waals surface area contributed by atoms with Crippen molar-refractivity contribution >= 4 is 18.6 Å². The van der Waals surface area contributed by atoms with Gasteiger partial charge in [-0.05, 0) is 6.92 Å². The molecule has 0 bridgehead atoms. The van der Waals surface area contributed by atoms with Gasteiger partial charge in [0.2, 0.25) is 0 Å². The summed E-state index contributed by atoms with van der Waals surface area (Å²) >= 11 is 3.42. The smallest absolute Gasteiger partial charge is 0.313 e. The zero-order valence-corrected chi connectivity index (χ0v) is 7.79. The highest BCUT2D eigenvalue weighted by atomic mass is 32.1. The van der Waals surface area contributed by atoms with Gasteiger partial charge in [-0.1, -0.05) is 35.9 Å². The molecular formula is C9H12O2S. The standard InChI is InChI=1S/C7H8.C2H4O2S/c1-7-5-3-2-4-6-7;3-2(4)1-5/h2-6H,1H3;5H,1H2,(H,3,4). The Balaban J connectivity index is 0.000000217. The van der Waals surface area contributed by atoms with Crippen LogP contribution < -0.4 is 0 Å². The lowest BCUT2D eigenvalue weighted by molar-refractivity contribution is -0.133. The Morgan fingerprint density at radius 1 is 1.42 bits per heavy atom. The van der Waals surface area contributed by atoms with Crippen molar-refractivity contribution in [3.05, 3.63) is 35.9 Å². The van der Waals surface area contributed by atoms with Crippen molar-refractivity contribution < 1.29 is 9.90 Å². The van der Waals surface area contributed by atoms with E-state index in [-0.39, 0.29) is 5.75 Å². The number of aryl methyl sites for hydroxylation is 1. The van der Waals surface area contributed by atoms with Crippen LogP contribution in [-0.4, -0.2) is 16.8 Å². The molecule has 66 valence electrons. The van der Waals surface area contributed by atoms with Crippen LogP contribution in [0.1, 0.15) is 5.56 Å². The molecule has 0 amide bonds. The van der Waals surface area contributed by atoms with Crippen LogP contribution in [0, 0.1) is 6.92 Å². The van der Waals surface area contributed by atoms with Crippen molar-refractivity contribution in [2.75, 3.05) is 5.75 Å². The maximum Gasteiger partial charge on any atom is 0.313 e. The fourth-order valence-corrected chi connectivity index (χ4v) is 0.534. The average Bonchev–Trinajstić information content (AvgIpc) is 2.07. The van der Waals surface area contributed by atoms with E-state index in [1.54, 1.807) is 0 Å². The van der Waals surface area contributed by atoms with Crippen LogP contribution in [0.15, 0.2) is 30.3 Å². The second-order valence-electron chi connectivity index (χ2n) is 2.21. The van der Waals surface area contributed by atoms with Gasteiger partial charge < -0.3 is 5.11 Å². The summed E-state index contributed by atoms with van der Waals surface area (Å²) in [5.41, 5.74) is 1.32. The molecule has 0 radical (unpaired) electrons. The van der Waals surface area contributed by atoms with E-state index in [1.807, 2.05) is 18.2 Å². The second-order valence-corrected chi connectivity index (χ2v) is 2.52. The lowest BCUT2D eigenvalue weighted by atomic mass is 10.2. The van der Waals surface area contributed by atoms with Crippen LogP contribution in [0.5, 0.6) is 0 Å². The molecule has 3 heteroatoms. The lowest BCUT2D eigenvalue weighted by Crippen LogP contribution is -1.92. The van der Waals surface area contributed by atoms with E-state index in [4.69, 9.17) is 5.11 Å². The number of rotatable bonds is 1. The Hall–Kier alpha value is -0.960. The number of hydrogen-bond acceptors (Lipinski definition) is 2. The number of benzene rings is 1. The first-order valence-corrected chi connectivity index (χ1v) is 4.14. The van der Waals surface area contributed by atoms with E-state index < -0.39 is 5.97 Å². The molecule has 0 spiro atoms. The first-order chi connectivity index (χ1) is 5.66. The van der Waals surface area contributed by atoms with Gasteiger partial charge in [-0.15, -0.1) is 0 Å². The predicted molar refractivity (Wildman–Crippen MR) is 52.7 cm³/mol. The molecule has 0 saturated carbocycles. The van der Waals surface area contributed by atoms with Crippen molar-refractivity contribution in [1.29, 1.82) is 0 Å². The normalized spacial score (nSPS) is 8.17. The van der Waals surface area contributed by atoms with E-state index in [0.29, 0.717) is 0 Å². The molecule has 1 rings (SSSR count). The van der Waals surface area contributed by atoms with Crippen molar-refractivity contribution in [2.45, 2.75) is 6.92 Å². The van der Waals surface area contributed by atoms with E-state index in [1.165, 1.54) is 5.56 Å². The zero-order chi connectivity index (χ0) is 9.40. The largest absolute Gasteiger partial charge is 0.481 e. The van der Waals surface area contributed by atoms with Crippen molar-refractivity contribution in [3.8, 4) is 0 Å². The summed E-state index contributed by atoms with van der Waals surface area (Å²) in [6.07, 6.45) is 0. The second kappa shape index (κ2) is 6.73. The number of carboxylic acid groups (broad SMARTS) is 1. The molecule has 0 heterocycles. The van der Waals surface area contributed by atoms with Gasteiger partial charge in [0.15, 0.2) is 0 Å². The predicted octanol–water partition coefficient (Wildman–Crippen LogP) is 2.00. The zero-order valence-electron chi connectivity index (χ0n) is 6.90. The number of hydrogen-bond donors (Lipinski definition) is 2. The van der Waals surface area contributed by atoms with Gasteiger partial charge in [0.05, 0.1) is 5.75 Å². The van der Waals surface area contributed by atoms with Gasteiger partial charge in [-0.2, -0.15) is 12.6 Å². The van der Waals surface area contributed by atoms with Crippen molar-refractivity contribution in [1.82, 2.24) is 0 Å². The van der Waals surface area contributed by atoms with Crippen molar-refractivity contribution in [3.63, 3.8) is 0 Å². The van der Waals surface area contributed by atoms with Crippen LogP contribution in [-0.2, 0) is 4.79 Å². The van der Waals surface area contributed by atoms with E-state index in [0.717, 1.165) is 0 Å². The number of carboxylic acids is 1. The minimum absolute atomic E-state index is 0.0833. The molecule has 0 fully saturated rings. The fraction of sp³-hybridized carbons (Fsp3) is 0.222. The Morgan fingerprint density at radius 2 is 1.83 bits per heavy atom. The summed E-state index contributed by atoms with van der Waals surface area (Å²) in [5.74, 6) is -0.965. The molecule has 0 unspecified atom stereocenters. The first-order valence-electron chi connectivity index (χ1n) is 3.51. The lowest BCUT2D eigenvalue weighted by Gasteiger charge is -1.82. The third-order valence-electron chi connectivity index (χ3n) is 1.08. The highest BCUT2D eigenvalue weighted by Crippen LogP contribution is 1.92. The van der Waals surface area contributed by atoms with Crippen LogP contribution in [0.25, 0.3) is 0 Å². The molecule has 2 nitrogen and oxygen atoms in total. The molecule has 0 saturated heterocycles. The maximum atomic E-state index is 9.29. The first kappa shape index (κ1) is 11.0. The number of aliphatic carboxylic acids is 1. The SMILES string of the molecule is Cc1ccccc1.O=C(O)CS. The molecular weight excluding hydrogens is 172 g/mol. The van der Waals surface area contributed by atoms with Crippen LogP contribution in [0.3, 0.4) is 0 Å². The summed E-state index contributed by atoms with van der Waals surface area (Å²) in [6, 6.07) is 10.3. The molecule has 1 aromatic carbocycles. The monoisotopic (exact) mass is 184 g/mol. The highest BCUT2D eigenvalue weighted by molar-refractivity contribution is 7.81. The number of thiol groups is 1. The van der Waals surface area contributed by atoms with Gasteiger partial charge in [0, 0.05) is 0 Å². The Bertz CT molecular complexity index is 221. The molecule has 0 aliphatic rings.